The SMILES string of the molecule is CC(C)C(NC(=O)c1ccccc1Br)C(=O)N[C@H]1CCCNC1. The summed E-state index contributed by atoms with van der Waals surface area (Å²) in [6.07, 6.45) is 2.03. The summed E-state index contributed by atoms with van der Waals surface area (Å²) in [4.78, 5) is 25.0. The Hall–Kier alpha value is -1.40. The number of carbonyl (C=O) groups is 2. The van der Waals surface area contributed by atoms with Crippen molar-refractivity contribution in [2.24, 2.45) is 5.92 Å². The number of carbonyl (C=O) groups excluding carboxylic acids is 2. The molecule has 2 rings (SSSR count). The van der Waals surface area contributed by atoms with Crippen LogP contribution in [0.15, 0.2) is 28.7 Å². The van der Waals surface area contributed by atoms with E-state index in [2.05, 4.69) is 31.9 Å². The van der Waals surface area contributed by atoms with Gasteiger partial charge in [0, 0.05) is 17.1 Å². The summed E-state index contributed by atoms with van der Waals surface area (Å²) in [5.74, 6) is -0.347. The Morgan fingerprint density at radius 1 is 1.30 bits per heavy atom. The van der Waals surface area contributed by atoms with Gasteiger partial charge in [-0.25, -0.2) is 0 Å². The molecule has 0 aliphatic carbocycles. The molecule has 23 heavy (non-hydrogen) atoms. The topological polar surface area (TPSA) is 70.2 Å². The van der Waals surface area contributed by atoms with E-state index in [-0.39, 0.29) is 23.8 Å². The molecule has 126 valence electrons. The van der Waals surface area contributed by atoms with E-state index in [4.69, 9.17) is 0 Å². The molecule has 1 aliphatic rings. The molecular formula is C17H24BrN3O2. The van der Waals surface area contributed by atoms with Crippen LogP contribution in [-0.4, -0.2) is 37.0 Å². The van der Waals surface area contributed by atoms with Crippen LogP contribution in [0.25, 0.3) is 0 Å². The first kappa shape index (κ1) is 17.9. The fourth-order valence-corrected chi connectivity index (χ4v) is 3.13. The van der Waals surface area contributed by atoms with Gasteiger partial charge in [-0.2, -0.15) is 0 Å². The van der Waals surface area contributed by atoms with Crippen LogP contribution in [0.4, 0.5) is 0 Å². The minimum atomic E-state index is -0.545. The van der Waals surface area contributed by atoms with Gasteiger partial charge in [-0.1, -0.05) is 26.0 Å². The number of amides is 2. The Morgan fingerprint density at radius 3 is 2.65 bits per heavy atom. The molecular weight excluding hydrogens is 358 g/mol. The lowest BCUT2D eigenvalue weighted by atomic mass is 10.0. The molecule has 1 fully saturated rings. The van der Waals surface area contributed by atoms with Crippen LogP contribution in [0.3, 0.4) is 0 Å². The number of piperidine rings is 1. The summed E-state index contributed by atoms with van der Waals surface area (Å²) in [5.41, 5.74) is 0.533. The van der Waals surface area contributed by atoms with Gasteiger partial charge in [-0.15, -0.1) is 0 Å². The highest BCUT2D eigenvalue weighted by atomic mass is 79.9. The number of hydrogen-bond donors (Lipinski definition) is 3. The second-order valence-electron chi connectivity index (χ2n) is 6.23. The molecule has 1 aromatic rings. The largest absolute Gasteiger partial charge is 0.350 e. The summed E-state index contributed by atoms with van der Waals surface area (Å²) in [6.45, 7) is 5.65. The maximum Gasteiger partial charge on any atom is 0.253 e. The lowest BCUT2D eigenvalue weighted by molar-refractivity contribution is -0.124. The standard InChI is InChI=1S/C17H24BrN3O2/c1-11(2)15(17(23)20-12-6-5-9-19-10-12)21-16(22)13-7-3-4-8-14(13)18/h3-4,7-8,11-12,15,19H,5-6,9-10H2,1-2H3,(H,20,23)(H,21,22)/t12-,15?/m0/s1. The van der Waals surface area contributed by atoms with Gasteiger partial charge in [0.25, 0.3) is 5.91 Å². The summed E-state index contributed by atoms with van der Waals surface area (Å²) in [5, 5.41) is 9.18. The fourth-order valence-electron chi connectivity index (χ4n) is 2.67. The smallest absolute Gasteiger partial charge is 0.253 e. The molecule has 0 spiro atoms. The molecule has 0 saturated carbocycles. The Labute approximate surface area is 145 Å². The molecule has 1 unspecified atom stereocenters. The maximum atomic E-state index is 12.5. The predicted molar refractivity (Wildman–Crippen MR) is 94.3 cm³/mol. The lowest BCUT2D eigenvalue weighted by Crippen LogP contribution is -2.54. The van der Waals surface area contributed by atoms with Crippen molar-refractivity contribution in [3.8, 4) is 0 Å². The van der Waals surface area contributed by atoms with Crippen LogP contribution in [-0.2, 0) is 4.79 Å². The van der Waals surface area contributed by atoms with E-state index in [1.54, 1.807) is 12.1 Å². The molecule has 6 heteroatoms. The maximum absolute atomic E-state index is 12.5. The molecule has 3 N–H and O–H groups in total. The molecule has 2 atom stereocenters. The van der Waals surface area contributed by atoms with Crippen molar-refractivity contribution in [3.05, 3.63) is 34.3 Å². The van der Waals surface area contributed by atoms with Crippen molar-refractivity contribution >= 4 is 27.7 Å². The van der Waals surface area contributed by atoms with Gasteiger partial charge in [0.2, 0.25) is 5.91 Å². The van der Waals surface area contributed by atoms with Crippen LogP contribution in [0.5, 0.6) is 0 Å². The Bertz CT molecular complexity index is 557. The molecule has 1 aromatic carbocycles. The fraction of sp³-hybridized carbons (Fsp3) is 0.529. The number of rotatable bonds is 5. The van der Waals surface area contributed by atoms with Crippen molar-refractivity contribution in [2.45, 2.75) is 38.8 Å². The van der Waals surface area contributed by atoms with Gasteiger partial charge in [-0.3, -0.25) is 9.59 Å². The third-order valence-corrected chi connectivity index (χ3v) is 4.69. The van der Waals surface area contributed by atoms with E-state index < -0.39 is 6.04 Å². The summed E-state index contributed by atoms with van der Waals surface area (Å²) in [7, 11) is 0. The Balaban J connectivity index is 2.01. The average molecular weight is 382 g/mol. The molecule has 2 amide bonds. The van der Waals surface area contributed by atoms with Gasteiger partial charge in [-0.05, 0) is 53.4 Å². The van der Waals surface area contributed by atoms with E-state index in [1.807, 2.05) is 26.0 Å². The van der Waals surface area contributed by atoms with Gasteiger partial charge in [0.15, 0.2) is 0 Å². The van der Waals surface area contributed by atoms with Crippen molar-refractivity contribution in [2.75, 3.05) is 13.1 Å². The minimum absolute atomic E-state index is 0.0120. The van der Waals surface area contributed by atoms with Crippen LogP contribution < -0.4 is 16.0 Å². The van der Waals surface area contributed by atoms with Crippen LogP contribution in [0.2, 0.25) is 0 Å². The third-order valence-electron chi connectivity index (χ3n) is 4.00. The third kappa shape index (κ3) is 5.04. The highest BCUT2D eigenvalue weighted by Gasteiger charge is 2.27. The summed E-state index contributed by atoms with van der Waals surface area (Å²) in [6, 6.07) is 6.79. The highest BCUT2D eigenvalue weighted by Crippen LogP contribution is 2.16. The van der Waals surface area contributed by atoms with Gasteiger partial charge in [0.05, 0.1) is 5.56 Å². The second-order valence-corrected chi connectivity index (χ2v) is 7.08. The minimum Gasteiger partial charge on any atom is -0.350 e. The molecule has 1 aliphatic heterocycles. The Morgan fingerprint density at radius 2 is 2.04 bits per heavy atom. The molecule has 0 radical (unpaired) electrons. The average Bonchev–Trinajstić information content (AvgIpc) is 2.53. The summed E-state index contributed by atoms with van der Waals surface area (Å²) >= 11 is 3.37. The number of benzene rings is 1. The van der Waals surface area contributed by atoms with Crippen molar-refractivity contribution in [3.63, 3.8) is 0 Å². The van der Waals surface area contributed by atoms with Crippen molar-refractivity contribution in [1.29, 1.82) is 0 Å². The first-order chi connectivity index (χ1) is 11.0. The van der Waals surface area contributed by atoms with Gasteiger partial charge >= 0.3 is 0 Å². The zero-order valence-corrected chi connectivity index (χ0v) is 15.2. The molecule has 1 saturated heterocycles. The lowest BCUT2D eigenvalue weighted by Gasteiger charge is -2.28. The second kappa shape index (κ2) is 8.45. The molecule has 0 bridgehead atoms. The van der Waals surface area contributed by atoms with E-state index in [0.717, 1.165) is 30.4 Å². The molecule has 5 nitrogen and oxygen atoms in total. The first-order valence-electron chi connectivity index (χ1n) is 8.05. The normalized spacial score (nSPS) is 19.2. The van der Waals surface area contributed by atoms with Crippen LogP contribution >= 0.6 is 15.9 Å². The summed E-state index contributed by atoms with van der Waals surface area (Å²) < 4.78 is 0.719. The van der Waals surface area contributed by atoms with E-state index >= 15 is 0 Å². The zero-order chi connectivity index (χ0) is 16.8. The highest BCUT2D eigenvalue weighted by molar-refractivity contribution is 9.10. The van der Waals surface area contributed by atoms with Gasteiger partial charge in [0.1, 0.15) is 6.04 Å². The van der Waals surface area contributed by atoms with E-state index in [9.17, 15) is 9.59 Å². The molecule has 1 heterocycles. The quantitative estimate of drug-likeness (QED) is 0.730. The van der Waals surface area contributed by atoms with Crippen molar-refractivity contribution in [1.82, 2.24) is 16.0 Å². The number of nitrogens with one attached hydrogen (secondary N) is 3. The number of halogens is 1. The van der Waals surface area contributed by atoms with Crippen LogP contribution in [0, 0.1) is 5.92 Å². The number of hydrogen-bond acceptors (Lipinski definition) is 3. The Kier molecular flexibility index (Phi) is 6.59. The van der Waals surface area contributed by atoms with Gasteiger partial charge < -0.3 is 16.0 Å². The van der Waals surface area contributed by atoms with E-state index in [0.29, 0.717) is 5.56 Å². The monoisotopic (exact) mass is 381 g/mol. The van der Waals surface area contributed by atoms with E-state index in [1.165, 1.54) is 0 Å². The van der Waals surface area contributed by atoms with Crippen LogP contribution in [0.1, 0.15) is 37.0 Å². The zero-order valence-electron chi connectivity index (χ0n) is 13.6. The molecule has 0 aromatic heterocycles. The van der Waals surface area contributed by atoms with Crippen molar-refractivity contribution < 1.29 is 9.59 Å². The predicted octanol–water partition coefficient (Wildman–Crippen LogP) is 2.07. The first-order valence-corrected chi connectivity index (χ1v) is 8.85.